The molecule has 0 unspecified atom stereocenters. The third kappa shape index (κ3) is 7.20. The number of carbonyl (C=O) groups is 1. The second-order valence-electron chi connectivity index (χ2n) is 8.72. The van der Waals surface area contributed by atoms with Crippen molar-refractivity contribution in [3.05, 3.63) is 59.8 Å². The highest BCUT2D eigenvalue weighted by atomic mass is 35.5. The van der Waals surface area contributed by atoms with Crippen molar-refractivity contribution in [2.24, 2.45) is 0 Å². The van der Waals surface area contributed by atoms with Crippen molar-refractivity contribution < 1.29 is 14.1 Å². The number of hydrogen-bond donors (Lipinski definition) is 3. The first-order chi connectivity index (χ1) is 15.4. The fourth-order valence-corrected chi connectivity index (χ4v) is 4.21. The van der Waals surface area contributed by atoms with Crippen molar-refractivity contribution in [3.63, 3.8) is 0 Å². The molecule has 3 aromatic rings. The molecule has 8 nitrogen and oxygen atoms in total. The highest BCUT2D eigenvalue weighted by Gasteiger charge is 2.18. The summed E-state index contributed by atoms with van der Waals surface area (Å²) in [5, 5.41) is 9.98. The third-order valence-electron chi connectivity index (χ3n) is 4.25. The van der Waals surface area contributed by atoms with Crippen LogP contribution in [-0.2, 0) is 9.30 Å². The maximum atomic E-state index is 12.6. The summed E-state index contributed by atoms with van der Waals surface area (Å²) < 4.78 is 17.9. The largest absolute Gasteiger partial charge is 0.444 e. The predicted octanol–water partition coefficient (Wildman–Crippen LogP) is 6.21. The Morgan fingerprint density at radius 3 is 2.42 bits per heavy atom. The molecule has 10 heteroatoms. The van der Waals surface area contributed by atoms with E-state index in [2.05, 4.69) is 25.9 Å². The van der Waals surface area contributed by atoms with E-state index in [-0.39, 0.29) is 0 Å². The van der Waals surface area contributed by atoms with Crippen LogP contribution in [0, 0.1) is 0 Å². The molecule has 33 heavy (non-hydrogen) atoms. The minimum Gasteiger partial charge on any atom is -0.444 e. The SMILES string of the molecule is CC(C)(C)OC(=O)Nc1cccc(Nc2ncc(Cl)c(Nc3ccccc3P(C)(C)=O)n2)c1. The van der Waals surface area contributed by atoms with Gasteiger partial charge in [-0.1, -0.05) is 29.8 Å². The molecule has 1 heterocycles. The molecule has 0 aliphatic carbocycles. The Bertz CT molecular complexity index is 1210. The van der Waals surface area contributed by atoms with Crippen LogP contribution < -0.4 is 21.3 Å². The highest BCUT2D eigenvalue weighted by Crippen LogP contribution is 2.38. The summed E-state index contributed by atoms with van der Waals surface area (Å²) in [6, 6.07) is 14.4. The van der Waals surface area contributed by atoms with E-state index in [0.717, 1.165) is 0 Å². The average molecular weight is 488 g/mol. The van der Waals surface area contributed by atoms with Crippen molar-refractivity contribution in [2.75, 3.05) is 29.3 Å². The van der Waals surface area contributed by atoms with Gasteiger partial charge in [0.1, 0.15) is 17.8 Å². The molecule has 3 rings (SSSR count). The van der Waals surface area contributed by atoms with Crippen LogP contribution in [0.4, 0.5) is 33.6 Å². The lowest BCUT2D eigenvalue weighted by molar-refractivity contribution is 0.0636. The monoisotopic (exact) mass is 487 g/mol. The lowest BCUT2D eigenvalue weighted by Gasteiger charge is -2.19. The summed E-state index contributed by atoms with van der Waals surface area (Å²) in [4.78, 5) is 20.7. The van der Waals surface area contributed by atoms with Crippen molar-refractivity contribution in [3.8, 4) is 0 Å². The van der Waals surface area contributed by atoms with Crippen LogP contribution in [0.1, 0.15) is 20.8 Å². The number of halogens is 1. The van der Waals surface area contributed by atoms with E-state index < -0.39 is 18.8 Å². The topological polar surface area (TPSA) is 105 Å². The first kappa shape index (κ1) is 24.6. The molecule has 0 aliphatic heterocycles. The van der Waals surface area contributed by atoms with Gasteiger partial charge in [0.2, 0.25) is 5.95 Å². The quantitative estimate of drug-likeness (QED) is 0.355. The highest BCUT2D eigenvalue weighted by molar-refractivity contribution is 7.70. The van der Waals surface area contributed by atoms with Gasteiger partial charge in [-0.3, -0.25) is 5.32 Å². The Balaban J connectivity index is 1.79. The number of nitrogens with zero attached hydrogens (tertiary/aromatic N) is 2. The van der Waals surface area contributed by atoms with Gasteiger partial charge in [-0.2, -0.15) is 4.98 Å². The molecule has 1 amide bonds. The number of aromatic nitrogens is 2. The van der Waals surface area contributed by atoms with Crippen LogP contribution in [0.15, 0.2) is 54.7 Å². The molecule has 0 radical (unpaired) electrons. The molecule has 0 atom stereocenters. The van der Waals surface area contributed by atoms with Gasteiger partial charge in [-0.25, -0.2) is 9.78 Å². The van der Waals surface area contributed by atoms with Crippen LogP contribution in [0.25, 0.3) is 0 Å². The number of benzene rings is 2. The van der Waals surface area contributed by atoms with Crippen molar-refractivity contribution >= 4 is 59.0 Å². The first-order valence-corrected chi connectivity index (χ1v) is 13.2. The molecule has 0 spiro atoms. The molecule has 0 bridgehead atoms. The van der Waals surface area contributed by atoms with Crippen molar-refractivity contribution in [1.29, 1.82) is 0 Å². The van der Waals surface area contributed by atoms with E-state index in [1.807, 2.05) is 30.3 Å². The van der Waals surface area contributed by atoms with Gasteiger partial charge < -0.3 is 19.9 Å². The molecule has 0 fully saturated rings. The zero-order chi connectivity index (χ0) is 24.2. The molecule has 2 aromatic carbocycles. The minimum atomic E-state index is -2.51. The maximum Gasteiger partial charge on any atom is 0.412 e. The molecular weight excluding hydrogens is 461 g/mol. The van der Waals surface area contributed by atoms with Gasteiger partial charge in [-0.15, -0.1) is 0 Å². The molecule has 174 valence electrons. The van der Waals surface area contributed by atoms with Gasteiger partial charge in [0, 0.05) is 16.7 Å². The predicted molar refractivity (Wildman–Crippen MR) is 135 cm³/mol. The number of anilines is 5. The van der Waals surface area contributed by atoms with Crippen LogP contribution in [0.3, 0.4) is 0 Å². The smallest absolute Gasteiger partial charge is 0.412 e. The number of hydrogen-bond acceptors (Lipinski definition) is 7. The molecular formula is C23H27ClN5O3P. The fraction of sp³-hybridized carbons (Fsp3) is 0.261. The zero-order valence-corrected chi connectivity index (χ0v) is 20.8. The maximum absolute atomic E-state index is 12.6. The second kappa shape index (κ2) is 9.81. The van der Waals surface area contributed by atoms with Crippen LogP contribution >= 0.6 is 18.7 Å². The number of ether oxygens (including phenoxy) is 1. The van der Waals surface area contributed by atoms with Crippen LogP contribution in [0.2, 0.25) is 5.02 Å². The lowest BCUT2D eigenvalue weighted by Crippen LogP contribution is -2.27. The summed E-state index contributed by atoms with van der Waals surface area (Å²) in [6.07, 6.45) is 0.930. The Kier molecular flexibility index (Phi) is 7.30. The first-order valence-electron chi connectivity index (χ1n) is 10.2. The third-order valence-corrected chi connectivity index (χ3v) is 6.07. The normalized spacial score (nSPS) is 11.6. The fourth-order valence-electron chi connectivity index (χ4n) is 2.92. The summed E-state index contributed by atoms with van der Waals surface area (Å²) in [7, 11) is -2.51. The van der Waals surface area contributed by atoms with Gasteiger partial charge in [0.15, 0.2) is 5.82 Å². The number of rotatable bonds is 6. The van der Waals surface area contributed by atoms with E-state index in [4.69, 9.17) is 16.3 Å². The van der Waals surface area contributed by atoms with E-state index in [9.17, 15) is 9.36 Å². The molecule has 0 saturated heterocycles. The molecule has 3 N–H and O–H groups in total. The average Bonchev–Trinajstić information content (AvgIpc) is 2.69. The summed E-state index contributed by atoms with van der Waals surface area (Å²) in [5.41, 5.74) is 1.28. The van der Waals surface area contributed by atoms with Gasteiger partial charge in [-0.05, 0) is 64.4 Å². The Morgan fingerprint density at radius 1 is 1.03 bits per heavy atom. The Labute approximate surface area is 198 Å². The number of carbonyl (C=O) groups excluding carboxylic acids is 1. The summed E-state index contributed by atoms with van der Waals surface area (Å²) >= 11 is 6.31. The zero-order valence-electron chi connectivity index (χ0n) is 19.1. The van der Waals surface area contributed by atoms with Crippen molar-refractivity contribution in [1.82, 2.24) is 9.97 Å². The van der Waals surface area contributed by atoms with E-state index in [1.165, 1.54) is 6.20 Å². The molecule has 0 saturated carbocycles. The summed E-state index contributed by atoms with van der Waals surface area (Å²) in [6.45, 7) is 8.81. The van der Waals surface area contributed by atoms with Gasteiger partial charge in [0.05, 0.1) is 11.9 Å². The number of para-hydroxylation sites is 1. The van der Waals surface area contributed by atoms with Gasteiger partial charge in [0.25, 0.3) is 0 Å². The standard InChI is InChI=1S/C23H27ClN5O3P/c1-23(2,3)32-22(30)27-16-10-8-9-15(13-16)26-21-25-14-17(24)20(29-21)28-18-11-6-7-12-19(18)33(4,5)31/h6-14H,1-5H3,(H,27,30)(H2,25,26,28,29). The van der Waals surface area contributed by atoms with Crippen molar-refractivity contribution in [2.45, 2.75) is 26.4 Å². The van der Waals surface area contributed by atoms with E-state index >= 15 is 0 Å². The second-order valence-corrected chi connectivity index (χ2v) is 12.3. The van der Waals surface area contributed by atoms with E-state index in [0.29, 0.717) is 39.2 Å². The van der Waals surface area contributed by atoms with Gasteiger partial charge >= 0.3 is 6.09 Å². The van der Waals surface area contributed by atoms with Crippen LogP contribution in [0.5, 0.6) is 0 Å². The van der Waals surface area contributed by atoms with Crippen LogP contribution in [-0.4, -0.2) is 35.0 Å². The molecule has 1 aromatic heterocycles. The number of amides is 1. The minimum absolute atomic E-state index is 0.296. The Morgan fingerprint density at radius 2 is 1.73 bits per heavy atom. The molecule has 0 aliphatic rings. The Hall–Kier alpha value is -3.09. The summed E-state index contributed by atoms with van der Waals surface area (Å²) in [5.74, 6) is 0.670. The van der Waals surface area contributed by atoms with E-state index in [1.54, 1.807) is 52.3 Å². The lowest BCUT2D eigenvalue weighted by atomic mass is 10.2. The number of nitrogens with one attached hydrogen (secondary N) is 3.